The van der Waals surface area contributed by atoms with Crippen LogP contribution in [0.5, 0.6) is 0 Å². The van der Waals surface area contributed by atoms with Crippen LogP contribution in [-0.4, -0.2) is 28.3 Å². The van der Waals surface area contributed by atoms with E-state index in [9.17, 15) is 0 Å². The average Bonchev–Trinajstić information content (AvgIpc) is 2.32. The molecule has 4 nitrogen and oxygen atoms in total. The molecule has 16 heavy (non-hydrogen) atoms. The second kappa shape index (κ2) is 7.20. The van der Waals surface area contributed by atoms with Crippen molar-refractivity contribution in [3.63, 3.8) is 0 Å². The molecule has 0 bridgehead atoms. The van der Waals surface area contributed by atoms with Crippen LogP contribution in [-0.2, 0) is 0 Å². The molecule has 1 aromatic rings. The minimum atomic E-state index is -0.130. The highest BCUT2D eigenvalue weighted by Gasteiger charge is 2.07. The van der Waals surface area contributed by atoms with Gasteiger partial charge >= 0.3 is 0 Å². The van der Waals surface area contributed by atoms with Gasteiger partial charge in [-0.15, -0.1) is 0 Å². The maximum Gasteiger partial charge on any atom is 0.187 e. The first kappa shape index (κ1) is 12.9. The Balaban J connectivity index is 2.38. The van der Waals surface area contributed by atoms with Gasteiger partial charge in [-0.3, -0.25) is 0 Å². The Bertz CT molecular complexity index is 344. The van der Waals surface area contributed by atoms with Crippen LogP contribution in [0.3, 0.4) is 0 Å². The monoisotopic (exact) mass is 236 g/mol. The van der Waals surface area contributed by atoms with Crippen LogP contribution in [0.1, 0.15) is 18.9 Å². The minimum absolute atomic E-state index is 0.130. The molecule has 0 spiro atoms. The van der Waals surface area contributed by atoms with Crippen molar-refractivity contribution < 1.29 is 0 Å². The number of rotatable bonds is 6. The number of aryl methyl sites for hydroxylation is 1. The zero-order valence-electron chi connectivity index (χ0n) is 9.60. The molecule has 0 aliphatic carbocycles. The molecule has 1 heterocycles. The van der Waals surface area contributed by atoms with Gasteiger partial charge in [0.05, 0.1) is 6.07 Å². The molecule has 1 N–H and O–H groups in total. The van der Waals surface area contributed by atoms with Crippen molar-refractivity contribution in [2.75, 3.05) is 12.3 Å². The predicted molar refractivity (Wildman–Crippen MR) is 65.2 cm³/mol. The summed E-state index contributed by atoms with van der Waals surface area (Å²) in [4.78, 5) is 8.36. The Kier molecular flexibility index (Phi) is 5.83. The van der Waals surface area contributed by atoms with Crippen molar-refractivity contribution in [1.29, 1.82) is 5.26 Å². The largest absolute Gasteiger partial charge is 0.301 e. The maximum absolute atomic E-state index is 8.91. The first-order valence-corrected chi connectivity index (χ1v) is 6.29. The maximum atomic E-state index is 8.91. The number of thioether (sulfide) groups is 1. The summed E-state index contributed by atoms with van der Waals surface area (Å²) in [5, 5.41) is 12.8. The Morgan fingerprint density at radius 1 is 1.50 bits per heavy atom. The highest BCUT2D eigenvalue weighted by atomic mass is 32.2. The summed E-state index contributed by atoms with van der Waals surface area (Å²) in [6.07, 6.45) is 4.61. The summed E-state index contributed by atoms with van der Waals surface area (Å²) < 4.78 is 0. The molecule has 1 rings (SSSR count). The zero-order chi connectivity index (χ0) is 11.8. The van der Waals surface area contributed by atoms with E-state index in [-0.39, 0.29) is 6.04 Å². The molecule has 5 heteroatoms. The fourth-order valence-corrected chi connectivity index (χ4v) is 1.84. The second-order valence-corrected chi connectivity index (χ2v) is 4.48. The third-order valence-corrected chi connectivity index (χ3v) is 2.90. The number of hydrogen-bond donors (Lipinski definition) is 1. The first-order valence-electron chi connectivity index (χ1n) is 5.30. The van der Waals surface area contributed by atoms with Gasteiger partial charge in [0.25, 0.3) is 0 Å². The van der Waals surface area contributed by atoms with Crippen LogP contribution < -0.4 is 5.32 Å². The van der Waals surface area contributed by atoms with Gasteiger partial charge < -0.3 is 5.32 Å². The number of hydrogen-bond acceptors (Lipinski definition) is 5. The molecule has 0 fully saturated rings. The molecule has 0 saturated carbocycles. The van der Waals surface area contributed by atoms with Crippen LogP contribution in [0.25, 0.3) is 0 Å². The summed E-state index contributed by atoms with van der Waals surface area (Å²) in [6, 6.07) is 2.10. The lowest BCUT2D eigenvalue weighted by Gasteiger charge is -2.09. The quantitative estimate of drug-likeness (QED) is 0.602. The van der Waals surface area contributed by atoms with Gasteiger partial charge in [0.2, 0.25) is 0 Å². The highest BCUT2D eigenvalue weighted by Crippen LogP contribution is 2.12. The molecular formula is C11H16N4S. The van der Waals surface area contributed by atoms with Crippen molar-refractivity contribution in [3.8, 4) is 6.07 Å². The Morgan fingerprint density at radius 3 is 2.75 bits per heavy atom. The van der Waals surface area contributed by atoms with Crippen LogP contribution in [0.15, 0.2) is 17.6 Å². The van der Waals surface area contributed by atoms with Crippen LogP contribution >= 0.6 is 11.8 Å². The molecule has 0 aliphatic rings. The van der Waals surface area contributed by atoms with E-state index in [1.165, 1.54) is 11.8 Å². The molecule has 1 unspecified atom stereocenters. The Labute approximate surface area is 100 Å². The summed E-state index contributed by atoms with van der Waals surface area (Å²) >= 11 is 1.51. The molecule has 1 atom stereocenters. The summed E-state index contributed by atoms with van der Waals surface area (Å²) in [5.74, 6) is 0.680. The van der Waals surface area contributed by atoms with E-state index in [1.54, 1.807) is 12.4 Å². The van der Waals surface area contributed by atoms with Crippen LogP contribution in [0.4, 0.5) is 0 Å². The number of nitriles is 1. The van der Waals surface area contributed by atoms with Crippen molar-refractivity contribution in [3.05, 3.63) is 18.0 Å². The molecule has 0 aromatic carbocycles. The smallest absolute Gasteiger partial charge is 0.187 e. The highest BCUT2D eigenvalue weighted by molar-refractivity contribution is 7.99. The van der Waals surface area contributed by atoms with E-state index in [0.717, 1.165) is 23.7 Å². The topological polar surface area (TPSA) is 61.6 Å². The molecule has 0 amide bonds. The van der Waals surface area contributed by atoms with Gasteiger partial charge in [0.1, 0.15) is 6.04 Å². The molecule has 1 aromatic heterocycles. The van der Waals surface area contributed by atoms with E-state index in [1.807, 2.05) is 6.92 Å². The molecule has 86 valence electrons. The number of nitrogens with one attached hydrogen (secondary N) is 1. The lowest BCUT2D eigenvalue weighted by atomic mass is 10.3. The summed E-state index contributed by atoms with van der Waals surface area (Å²) in [6.45, 7) is 4.90. The third-order valence-electron chi connectivity index (χ3n) is 1.93. The van der Waals surface area contributed by atoms with Gasteiger partial charge in [-0.1, -0.05) is 18.7 Å². The predicted octanol–water partition coefficient (Wildman–Crippen LogP) is 1.77. The fourth-order valence-electron chi connectivity index (χ4n) is 1.07. The van der Waals surface area contributed by atoms with Gasteiger partial charge in [0, 0.05) is 18.1 Å². The van der Waals surface area contributed by atoms with Crippen molar-refractivity contribution in [2.45, 2.75) is 31.5 Å². The molecule has 0 radical (unpaired) electrons. The van der Waals surface area contributed by atoms with E-state index >= 15 is 0 Å². The second-order valence-electron chi connectivity index (χ2n) is 3.49. The first-order chi connectivity index (χ1) is 7.76. The van der Waals surface area contributed by atoms with Gasteiger partial charge in [-0.25, -0.2) is 9.97 Å². The lowest BCUT2D eigenvalue weighted by molar-refractivity contribution is 0.637. The molecular weight excluding hydrogens is 220 g/mol. The van der Waals surface area contributed by atoms with E-state index in [0.29, 0.717) is 5.75 Å². The zero-order valence-corrected chi connectivity index (χ0v) is 10.4. The SMILES string of the molecule is CCCNC(C#N)CSc1ncc(C)cn1. The third kappa shape index (κ3) is 4.60. The van der Waals surface area contributed by atoms with Gasteiger partial charge in [-0.2, -0.15) is 5.26 Å². The standard InChI is InChI=1S/C11H16N4S/c1-3-4-13-10(5-12)8-16-11-14-6-9(2)7-15-11/h6-7,10,13H,3-4,8H2,1-2H3. The fraction of sp³-hybridized carbons (Fsp3) is 0.545. The molecule has 0 aliphatic heterocycles. The van der Waals surface area contributed by atoms with Crippen molar-refractivity contribution >= 4 is 11.8 Å². The van der Waals surface area contributed by atoms with Crippen LogP contribution in [0, 0.1) is 18.3 Å². The van der Waals surface area contributed by atoms with Crippen molar-refractivity contribution in [2.24, 2.45) is 0 Å². The minimum Gasteiger partial charge on any atom is -0.301 e. The average molecular weight is 236 g/mol. The van der Waals surface area contributed by atoms with Crippen molar-refractivity contribution in [1.82, 2.24) is 15.3 Å². The summed E-state index contributed by atoms with van der Waals surface area (Å²) in [7, 11) is 0. The lowest BCUT2D eigenvalue weighted by Crippen LogP contribution is -2.30. The van der Waals surface area contributed by atoms with E-state index in [2.05, 4.69) is 28.3 Å². The van der Waals surface area contributed by atoms with E-state index < -0.39 is 0 Å². The number of aromatic nitrogens is 2. The number of nitrogens with zero attached hydrogens (tertiary/aromatic N) is 3. The summed E-state index contributed by atoms with van der Waals surface area (Å²) in [5.41, 5.74) is 1.05. The van der Waals surface area contributed by atoms with E-state index in [4.69, 9.17) is 5.26 Å². The Morgan fingerprint density at radius 2 is 2.19 bits per heavy atom. The van der Waals surface area contributed by atoms with Crippen LogP contribution in [0.2, 0.25) is 0 Å². The van der Waals surface area contributed by atoms with Gasteiger partial charge in [0.15, 0.2) is 5.16 Å². The Hall–Kier alpha value is -1.12. The van der Waals surface area contributed by atoms with Gasteiger partial charge in [-0.05, 0) is 25.5 Å². The molecule has 0 saturated heterocycles. The normalized spacial score (nSPS) is 12.1.